The van der Waals surface area contributed by atoms with Gasteiger partial charge in [-0.25, -0.2) is 4.68 Å². The van der Waals surface area contributed by atoms with Crippen molar-refractivity contribution in [2.45, 2.75) is 13.5 Å². The lowest BCUT2D eigenvalue weighted by atomic mass is 10.5. The van der Waals surface area contributed by atoms with E-state index in [9.17, 15) is 9.59 Å². The van der Waals surface area contributed by atoms with Crippen LogP contribution >= 0.6 is 11.6 Å². The van der Waals surface area contributed by atoms with Gasteiger partial charge in [-0.2, -0.15) is 5.10 Å². The van der Waals surface area contributed by atoms with Gasteiger partial charge >= 0.3 is 5.97 Å². The van der Waals surface area contributed by atoms with Crippen LogP contribution in [0.3, 0.4) is 0 Å². The van der Waals surface area contributed by atoms with Gasteiger partial charge in [-0.15, -0.1) is 0 Å². The zero-order valence-electron chi connectivity index (χ0n) is 7.57. The summed E-state index contributed by atoms with van der Waals surface area (Å²) in [7, 11) is 0. The molecule has 76 valence electrons. The van der Waals surface area contributed by atoms with Gasteiger partial charge in [-0.1, -0.05) is 11.6 Å². The molecule has 0 bridgehead atoms. The summed E-state index contributed by atoms with van der Waals surface area (Å²) < 4.78 is 5.62. The molecule has 6 heteroatoms. The molecule has 0 spiro atoms. The van der Waals surface area contributed by atoms with E-state index in [1.165, 1.54) is 12.1 Å². The second kappa shape index (κ2) is 4.76. The molecule has 1 aromatic rings. The maximum absolute atomic E-state index is 11.1. The van der Waals surface area contributed by atoms with E-state index in [1.54, 1.807) is 6.92 Å². The molecule has 0 atom stereocenters. The molecule has 0 saturated heterocycles. The number of carbonyl (C=O) groups excluding carboxylic acids is 1. The maximum Gasteiger partial charge on any atom is 0.327 e. The minimum atomic E-state index is -0.510. The molecule has 0 N–H and O–H groups in total. The van der Waals surface area contributed by atoms with Crippen LogP contribution in [0.1, 0.15) is 6.92 Å². The van der Waals surface area contributed by atoms with E-state index in [1.807, 2.05) is 0 Å². The van der Waals surface area contributed by atoms with E-state index in [4.69, 9.17) is 11.6 Å². The third-order valence-electron chi connectivity index (χ3n) is 1.42. The first-order chi connectivity index (χ1) is 6.63. The molecule has 0 aliphatic heterocycles. The van der Waals surface area contributed by atoms with Gasteiger partial charge in [0.15, 0.2) is 0 Å². The van der Waals surface area contributed by atoms with Crippen molar-refractivity contribution >= 4 is 17.6 Å². The Bertz CT molecular complexity index is 388. The van der Waals surface area contributed by atoms with Crippen LogP contribution in [-0.4, -0.2) is 22.4 Å². The van der Waals surface area contributed by atoms with E-state index >= 15 is 0 Å². The van der Waals surface area contributed by atoms with Crippen LogP contribution in [0.15, 0.2) is 16.9 Å². The predicted octanol–water partition coefficient (Wildman–Crippen LogP) is 0.460. The molecule has 1 rings (SSSR count). The van der Waals surface area contributed by atoms with Crippen molar-refractivity contribution in [3.63, 3.8) is 0 Å². The van der Waals surface area contributed by atoms with Crippen molar-refractivity contribution < 1.29 is 9.53 Å². The Morgan fingerprint density at radius 1 is 1.64 bits per heavy atom. The number of rotatable bonds is 3. The molecular weight excluding hydrogens is 208 g/mol. The fourth-order valence-electron chi connectivity index (χ4n) is 0.866. The van der Waals surface area contributed by atoms with Gasteiger partial charge in [0.05, 0.1) is 6.61 Å². The van der Waals surface area contributed by atoms with E-state index in [0.29, 0.717) is 0 Å². The largest absolute Gasteiger partial charge is 0.465 e. The minimum Gasteiger partial charge on any atom is -0.465 e. The lowest BCUT2D eigenvalue weighted by molar-refractivity contribution is -0.144. The molecule has 0 saturated carbocycles. The Morgan fingerprint density at radius 2 is 2.36 bits per heavy atom. The Balaban J connectivity index is 2.81. The van der Waals surface area contributed by atoms with Crippen LogP contribution in [0.4, 0.5) is 0 Å². The zero-order chi connectivity index (χ0) is 10.6. The van der Waals surface area contributed by atoms with E-state index < -0.39 is 5.97 Å². The Hall–Kier alpha value is -1.36. The Labute approximate surface area is 85.2 Å². The van der Waals surface area contributed by atoms with Gasteiger partial charge in [-0.05, 0) is 13.0 Å². The lowest BCUT2D eigenvalue weighted by Gasteiger charge is -2.03. The minimum absolute atomic E-state index is 0.161. The third kappa shape index (κ3) is 2.85. The summed E-state index contributed by atoms with van der Waals surface area (Å²) in [6.45, 7) is 1.74. The molecule has 14 heavy (non-hydrogen) atoms. The van der Waals surface area contributed by atoms with Gasteiger partial charge in [0.25, 0.3) is 5.56 Å². The zero-order valence-corrected chi connectivity index (χ0v) is 8.32. The van der Waals surface area contributed by atoms with Crippen molar-refractivity contribution in [3.8, 4) is 0 Å². The normalized spacial score (nSPS) is 9.86. The average molecular weight is 217 g/mol. The van der Waals surface area contributed by atoms with Crippen molar-refractivity contribution in [3.05, 3.63) is 27.6 Å². The van der Waals surface area contributed by atoms with Crippen LogP contribution < -0.4 is 5.56 Å². The SMILES string of the molecule is CCOC(=O)Cn1nc(Cl)ccc1=O. The second-order valence-corrected chi connectivity index (χ2v) is 2.84. The molecule has 0 aliphatic rings. The van der Waals surface area contributed by atoms with E-state index in [0.717, 1.165) is 4.68 Å². The van der Waals surface area contributed by atoms with Crippen LogP contribution in [0.2, 0.25) is 5.15 Å². The third-order valence-corrected chi connectivity index (χ3v) is 1.62. The van der Waals surface area contributed by atoms with Crippen LogP contribution in [0.5, 0.6) is 0 Å². The number of carbonyl (C=O) groups is 1. The highest BCUT2D eigenvalue weighted by molar-refractivity contribution is 6.29. The van der Waals surface area contributed by atoms with E-state index in [2.05, 4.69) is 9.84 Å². The Kier molecular flexibility index (Phi) is 3.64. The molecule has 5 nitrogen and oxygen atoms in total. The fourth-order valence-corrected chi connectivity index (χ4v) is 1.02. The number of hydrogen-bond acceptors (Lipinski definition) is 4. The smallest absolute Gasteiger partial charge is 0.327 e. The number of aromatic nitrogens is 2. The van der Waals surface area contributed by atoms with Crippen molar-refractivity contribution in [1.29, 1.82) is 0 Å². The molecule has 0 amide bonds. The first kappa shape index (κ1) is 10.7. The van der Waals surface area contributed by atoms with Crippen molar-refractivity contribution in [2.24, 2.45) is 0 Å². The predicted molar refractivity (Wildman–Crippen MR) is 50.1 cm³/mol. The number of esters is 1. The molecule has 0 unspecified atom stereocenters. The first-order valence-electron chi connectivity index (χ1n) is 4.02. The fraction of sp³-hybridized carbons (Fsp3) is 0.375. The quantitative estimate of drug-likeness (QED) is 0.689. The van der Waals surface area contributed by atoms with Gasteiger partial charge in [0, 0.05) is 6.07 Å². The first-order valence-corrected chi connectivity index (χ1v) is 4.40. The van der Waals surface area contributed by atoms with Crippen molar-refractivity contribution in [1.82, 2.24) is 9.78 Å². The summed E-state index contributed by atoms with van der Waals surface area (Å²) in [5.41, 5.74) is -0.387. The molecule has 0 aliphatic carbocycles. The maximum atomic E-state index is 11.1. The number of halogens is 1. The van der Waals surface area contributed by atoms with Gasteiger partial charge in [0.1, 0.15) is 11.7 Å². The van der Waals surface area contributed by atoms with E-state index in [-0.39, 0.29) is 23.9 Å². The van der Waals surface area contributed by atoms with Gasteiger partial charge in [0.2, 0.25) is 0 Å². The molecule has 1 heterocycles. The summed E-state index contributed by atoms with van der Waals surface area (Å²) >= 11 is 5.55. The topological polar surface area (TPSA) is 61.2 Å². The second-order valence-electron chi connectivity index (χ2n) is 2.46. The van der Waals surface area contributed by atoms with Crippen LogP contribution in [0, 0.1) is 0 Å². The summed E-state index contributed by atoms with van der Waals surface area (Å²) in [4.78, 5) is 22.2. The monoisotopic (exact) mass is 216 g/mol. The summed E-state index contributed by atoms with van der Waals surface area (Å²) in [5.74, 6) is -0.510. The molecule has 0 aromatic carbocycles. The molecule has 1 aromatic heterocycles. The number of ether oxygens (including phenoxy) is 1. The highest BCUT2D eigenvalue weighted by atomic mass is 35.5. The summed E-state index contributed by atoms with van der Waals surface area (Å²) in [5, 5.41) is 3.82. The molecule has 0 radical (unpaired) electrons. The van der Waals surface area contributed by atoms with Gasteiger partial charge in [-0.3, -0.25) is 9.59 Å². The van der Waals surface area contributed by atoms with Crippen LogP contribution in [0.25, 0.3) is 0 Å². The van der Waals surface area contributed by atoms with Crippen molar-refractivity contribution in [2.75, 3.05) is 6.61 Å². The average Bonchev–Trinajstić information content (AvgIpc) is 2.12. The number of nitrogens with zero attached hydrogens (tertiary/aromatic N) is 2. The highest BCUT2D eigenvalue weighted by Gasteiger charge is 2.06. The molecular formula is C8H9ClN2O3. The standard InChI is InChI=1S/C8H9ClN2O3/c1-2-14-8(13)5-11-7(12)4-3-6(9)10-11/h3-4H,2,5H2,1H3. The summed E-state index contributed by atoms with van der Waals surface area (Å²) in [6.07, 6.45) is 0. The summed E-state index contributed by atoms with van der Waals surface area (Å²) in [6, 6.07) is 2.61. The number of hydrogen-bond donors (Lipinski definition) is 0. The Morgan fingerprint density at radius 3 is 3.00 bits per heavy atom. The van der Waals surface area contributed by atoms with Gasteiger partial charge < -0.3 is 4.74 Å². The highest BCUT2D eigenvalue weighted by Crippen LogP contribution is 1.97. The molecule has 0 fully saturated rings. The lowest BCUT2D eigenvalue weighted by Crippen LogP contribution is -2.26. The van der Waals surface area contributed by atoms with Crippen LogP contribution in [-0.2, 0) is 16.1 Å².